The molecule has 1 aliphatic heterocycles. The van der Waals surface area contributed by atoms with Crippen molar-refractivity contribution in [3.8, 4) is 0 Å². The Bertz CT molecular complexity index is 386. The summed E-state index contributed by atoms with van der Waals surface area (Å²) in [4.78, 5) is 4.57. The second-order valence-corrected chi connectivity index (χ2v) is 5.39. The van der Waals surface area contributed by atoms with Crippen molar-refractivity contribution >= 4 is 5.95 Å². The molecular formula is C15H27N3O2. The Labute approximate surface area is 121 Å². The van der Waals surface area contributed by atoms with Crippen molar-refractivity contribution in [1.29, 1.82) is 0 Å². The molecular weight excluding hydrogens is 254 g/mol. The predicted molar refractivity (Wildman–Crippen MR) is 80.1 cm³/mol. The van der Waals surface area contributed by atoms with E-state index in [1.54, 1.807) is 0 Å². The third-order valence-electron chi connectivity index (χ3n) is 3.65. The van der Waals surface area contributed by atoms with Gasteiger partial charge in [-0.05, 0) is 39.0 Å². The lowest BCUT2D eigenvalue weighted by molar-refractivity contribution is 0.0614. The van der Waals surface area contributed by atoms with Gasteiger partial charge in [-0.1, -0.05) is 0 Å². The molecule has 0 amide bonds. The molecule has 1 aromatic heterocycles. The molecule has 0 aliphatic carbocycles. The summed E-state index contributed by atoms with van der Waals surface area (Å²) < 4.78 is 13.0. The van der Waals surface area contributed by atoms with E-state index in [9.17, 15) is 0 Å². The van der Waals surface area contributed by atoms with Gasteiger partial charge in [0.1, 0.15) is 0 Å². The number of anilines is 1. The van der Waals surface area contributed by atoms with Crippen LogP contribution in [0.3, 0.4) is 0 Å². The molecule has 1 N–H and O–H groups in total. The maximum absolute atomic E-state index is 5.42. The van der Waals surface area contributed by atoms with Crippen LogP contribution in [-0.4, -0.2) is 42.5 Å². The molecule has 0 radical (unpaired) electrons. The second-order valence-electron chi connectivity index (χ2n) is 5.39. The van der Waals surface area contributed by atoms with Gasteiger partial charge in [-0.25, -0.2) is 4.98 Å². The van der Waals surface area contributed by atoms with E-state index in [1.165, 1.54) is 0 Å². The number of aromatic nitrogens is 2. The molecule has 1 fully saturated rings. The van der Waals surface area contributed by atoms with E-state index < -0.39 is 0 Å². The van der Waals surface area contributed by atoms with Crippen molar-refractivity contribution in [2.24, 2.45) is 5.92 Å². The lowest BCUT2D eigenvalue weighted by Gasteiger charge is -2.23. The lowest BCUT2D eigenvalue weighted by Crippen LogP contribution is -2.21. The molecule has 0 atom stereocenters. The molecule has 2 rings (SSSR count). The fraction of sp³-hybridized carbons (Fsp3) is 0.800. The van der Waals surface area contributed by atoms with Gasteiger partial charge in [0, 0.05) is 45.7 Å². The summed E-state index contributed by atoms with van der Waals surface area (Å²) in [6.07, 6.45) is 5.46. The Morgan fingerprint density at radius 3 is 3.00 bits per heavy atom. The first-order valence-corrected chi connectivity index (χ1v) is 7.72. The van der Waals surface area contributed by atoms with E-state index in [1.807, 2.05) is 13.8 Å². The quantitative estimate of drug-likeness (QED) is 0.744. The summed E-state index contributed by atoms with van der Waals surface area (Å²) in [6.45, 7) is 9.41. The van der Waals surface area contributed by atoms with Crippen LogP contribution >= 0.6 is 0 Å². The summed E-state index contributed by atoms with van der Waals surface area (Å²) in [5.74, 6) is 1.70. The Morgan fingerprint density at radius 1 is 1.45 bits per heavy atom. The minimum Gasteiger partial charge on any atom is -0.382 e. The van der Waals surface area contributed by atoms with E-state index in [-0.39, 0.29) is 0 Å². The van der Waals surface area contributed by atoms with Crippen LogP contribution in [0.1, 0.15) is 31.9 Å². The van der Waals surface area contributed by atoms with Crippen molar-refractivity contribution < 1.29 is 9.47 Å². The number of aryl methyl sites for hydroxylation is 1. The topological polar surface area (TPSA) is 48.3 Å². The average Bonchev–Trinajstić information content (AvgIpc) is 2.80. The van der Waals surface area contributed by atoms with Gasteiger partial charge in [-0.3, -0.25) is 0 Å². The number of hydrogen-bond donors (Lipinski definition) is 1. The first kappa shape index (κ1) is 15.3. The molecule has 5 nitrogen and oxygen atoms in total. The van der Waals surface area contributed by atoms with Crippen molar-refractivity contribution in [3.63, 3.8) is 0 Å². The summed E-state index contributed by atoms with van der Waals surface area (Å²) in [6, 6.07) is 0. The highest BCUT2D eigenvalue weighted by Crippen LogP contribution is 2.19. The number of nitrogens with zero attached hydrogens (tertiary/aromatic N) is 2. The van der Waals surface area contributed by atoms with Crippen LogP contribution in [0.15, 0.2) is 6.20 Å². The zero-order chi connectivity index (χ0) is 14.2. The fourth-order valence-electron chi connectivity index (χ4n) is 2.55. The average molecular weight is 281 g/mol. The van der Waals surface area contributed by atoms with Crippen molar-refractivity contribution in [1.82, 2.24) is 9.55 Å². The summed E-state index contributed by atoms with van der Waals surface area (Å²) in [7, 11) is 0. The van der Waals surface area contributed by atoms with Gasteiger partial charge < -0.3 is 19.4 Å². The number of hydrogen-bond acceptors (Lipinski definition) is 4. The normalized spacial score (nSPS) is 16.5. The molecule has 0 aromatic carbocycles. The standard InChI is InChI=1S/C15H27N3O2/c1-3-19-8-4-7-16-15-17-13(2)11-18(15)12-14-5-9-20-10-6-14/h11,14H,3-10,12H2,1-2H3,(H,16,17). The smallest absolute Gasteiger partial charge is 0.203 e. The minimum atomic E-state index is 0.710. The van der Waals surface area contributed by atoms with Crippen LogP contribution < -0.4 is 5.32 Å². The molecule has 0 saturated carbocycles. The zero-order valence-corrected chi connectivity index (χ0v) is 12.7. The van der Waals surface area contributed by atoms with Gasteiger partial charge in [0.05, 0.1) is 5.69 Å². The first-order chi connectivity index (χ1) is 9.79. The molecule has 114 valence electrons. The van der Waals surface area contributed by atoms with Crippen LogP contribution in [0, 0.1) is 12.8 Å². The number of rotatable bonds is 8. The van der Waals surface area contributed by atoms with Crippen molar-refractivity contribution in [2.45, 2.75) is 39.7 Å². The molecule has 20 heavy (non-hydrogen) atoms. The van der Waals surface area contributed by atoms with E-state index in [4.69, 9.17) is 9.47 Å². The van der Waals surface area contributed by atoms with Crippen LogP contribution in [0.5, 0.6) is 0 Å². The number of nitrogens with one attached hydrogen (secondary N) is 1. The number of ether oxygens (including phenoxy) is 2. The molecule has 1 aliphatic rings. The van der Waals surface area contributed by atoms with E-state index in [2.05, 4.69) is 21.1 Å². The van der Waals surface area contributed by atoms with Gasteiger partial charge in [-0.2, -0.15) is 0 Å². The van der Waals surface area contributed by atoms with Crippen LogP contribution in [-0.2, 0) is 16.0 Å². The molecule has 5 heteroatoms. The maximum Gasteiger partial charge on any atom is 0.203 e. The van der Waals surface area contributed by atoms with Crippen molar-refractivity contribution in [3.05, 3.63) is 11.9 Å². The SMILES string of the molecule is CCOCCCNc1nc(C)cn1CC1CCOCC1. The molecule has 0 unspecified atom stereocenters. The first-order valence-electron chi connectivity index (χ1n) is 7.72. The minimum absolute atomic E-state index is 0.710. The Morgan fingerprint density at radius 2 is 2.25 bits per heavy atom. The van der Waals surface area contributed by atoms with Gasteiger partial charge in [-0.15, -0.1) is 0 Å². The summed E-state index contributed by atoms with van der Waals surface area (Å²) in [5, 5.41) is 3.42. The molecule has 2 heterocycles. The van der Waals surface area contributed by atoms with E-state index >= 15 is 0 Å². The maximum atomic E-state index is 5.42. The highest BCUT2D eigenvalue weighted by Gasteiger charge is 2.16. The Hall–Kier alpha value is -1.07. The zero-order valence-electron chi connectivity index (χ0n) is 12.7. The molecule has 0 bridgehead atoms. The monoisotopic (exact) mass is 281 g/mol. The van der Waals surface area contributed by atoms with E-state index in [0.717, 1.165) is 70.4 Å². The molecule has 1 aromatic rings. The highest BCUT2D eigenvalue weighted by atomic mass is 16.5. The Balaban J connectivity index is 1.81. The van der Waals surface area contributed by atoms with Crippen LogP contribution in [0.2, 0.25) is 0 Å². The second kappa shape index (κ2) is 8.27. The number of imidazole rings is 1. The largest absolute Gasteiger partial charge is 0.382 e. The van der Waals surface area contributed by atoms with Crippen LogP contribution in [0.4, 0.5) is 5.95 Å². The molecule has 1 saturated heterocycles. The Kier molecular flexibility index (Phi) is 6.33. The predicted octanol–water partition coefficient (Wildman–Crippen LogP) is 2.46. The highest BCUT2D eigenvalue weighted by molar-refractivity contribution is 5.28. The fourth-order valence-corrected chi connectivity index (χ4v) is 2.55. The van der Waals surface area contributed by atoms with Gasteiger partial charge >= 0.3 is 0 Å². The van der Waals surface area contributed by atoms with Gasteiger partial charge in [0.25, 0.3) is 0 Å². The molecule has 0 spiro atoms. The van der Waals surface area contributed by atoms with Crippen molar-refractivity contribution in [2.75, 3.05) is 38.3 Å². The summed E-state index contributed by atoms with van der Waals surface area (Å²) in [5.41, 5.74) is 1.07. The summed E-state index contributed by atoms with van der Waals surface area (Å²) >= 11 is 0. The van der Waals surface area contributed by atoms with E-state index in [0.29, 0.717) is 5.92 Å². The van der Waals surface area contributed by atoms with Gasteiger partial charge in [0.2, 0.25) is 5.95 Å². The van der Waals surface area contributed by atoms with Crippen LogP contribution in [0.25, 0.3) is 0 Å². The lowest BCUT2D eigenvalue weighted by atomic mass is 10.0. The van der Waals surface area contributed by atoms with Gasteiger partial charge in [0.15, 0.2) is 0 Å². The third kappa shape index (κ3) is 4.80. The third-order valence-corrected chi connectivity index (χ3v) is 3.65.